The molecule has 1 saturated heterocycles. The second-order valence-electron chi connectivity index (χ2n) is 9.00. The Morgan fingerprint density at radius 3 is 2.22 bits per heavy atom. The Balaban J connectivity index is 1.48. The molecule has 1 fully saturated rings. The van der Waals surface area contributed by atoms with Crippen molar-refractivity contribution in [1.29, 1.82) is 0 Å². The Bertz CT molecular complexity index is 1190. The minimum Gasteiger partial charge on any atom is -0.445 e. The monoisotopic (exact) mass is 485 g/mol. The summed E-state index contributed by atoms with van der Waals surface area (Å²) in [7, 11) is 0. The maximum atomic E-state index is 13.4. The zero-order valence-electron chi connectivity index (χ0n) is 20.6. The Morgan fingerprint density at radius 2 is 1.56 bits per heavy atom. The van der Waals surface area contributed by atoms with Crippen LogP contribution in [0.25, 0.3) is 0 Å². The molecule has 186 valence electrons. The van der Waals surface area contributed by atoms with E-state index in [1.54, 1.807) is 12.1 Å². The van der Waals surface area contributed by atoms with Crippen molar-refractivity contribution >= 4 is 23.6 Å². The van der Waals surface area contributed by atoms with E-state index < -0.39 is 18.2 Å². The average Bonchev–Trinajstić information content (AvgIpc) is 3.39. The van der Waals surface area contributed by atoms with Crippen LogP contribution in [0.15, 0.2) is 78.9 Å². The van der Waals surface area contributed by atoms with E-state index in [2.05, 4.69) is 10.6 Å². The Kier molecular flexibility index (Phi) is 8.00. The van der Waals surface area contributed by atoms with Crippen molar-refractivity contribution in [3.63, 3.8) is 0 Å². The maximum Gasteiger partial charge on any atom is 0.410 e. The third kappa shape index (κ3) is 5.92. The second kappa shape index (κ2) is 11.5. The van der Waals surface area contributed by atoms with E-state index in [0.717, 1.165) is 22.4 Å². The first-order valence-corrected chi connectivity index (χ1v) is 12.1. The van der Waals surface area contributed by atoms with Crippen molar-refractivity contribution in [2.45, 2.75) is 45.4 Å². The number of likely N-dealkylation sites (tertiary alicyclic amines) is 1. The fourth-order valence-corrected chi connectivity index (χ4v) is 4.45. The standard InChI is InChI=1S/C29H31N3O4/c1-20-11-9-12-21(2)25(20)30-28(34)26(23-15-7-4-8-16-23)31-27(33)24-17-10-18-32(24)29(35)36-19-22-13-5-3-6-14-22/h3-9,11-16,24,26H,10,17-19H2,1-2H3,(H,30,34)(H,31,33)/t24-,26-/m1/s1. The van der Waals surface area contributed by atoms with Gasteiger partial charge in [0.15, 0.2) is 0 Å². The molecular weight excluding hydrogens is 454 g/mol. The number of benzene rings is 3. The molecule has 0 radical (unpaired) electrons. The van der Waals surface area contributed by atoms with Crippen molar-refractivity contribution < 1.29 is 19.1 Å². The van der Waals surface area contributed by atoms with Crippen molar-refractivity contribution in [1.82, 2.24) is 10.2 Å². The van der Waals surface area contributed by atoms with Crippen molar-refractivity contribution in [2.24, 2.45) is 0 Å². The summed E-state index contributed by atoms with van der Waals surface area (Å²) in [4.78, 5) is 41.0. The third-order valence-corrected chi connectivity index (χ3v) is 6.41. The minimum atomic E-state index is -0.916. The summed E-state index contributed by atoms with van der Waals surface area (Å²) in [6, 6.07) is 22.7. The summed E-state index contributed by atoms with van der Waals surface area (Å²) in [6.07, 6.45) is 0.655. The maximum absolute atomic E-state index is 13.4. The lowest BCUT2D eigenvalue weighted by atomic mass is 10.0. The van der Waals surface area contributed by atoms with E-state index in [9.17, 15) is 14.4 Å². The topological polar surface area (TPSA) is 87.7 Å². The number of carbonyl (C=O) groups is 3. The van der Waals surface area contributed by atoms with Gasteiger partial charge in [0.05, 0.1) is 0 Å². The fraction of sp³-hybridized carbons (Fsp3) is 0.276. The molecule has 0 saturated carbocycles. The number of nitrogens with zero attached hydrogens (tertiary/aromatic N) is 1. The van der Waals surface area contributed by atoms with Gasteiger partial charge in [-0.25, -0.2) is 4.79 Å². The van der Waals surface area contributed by atoms with Gasteiger partial charge in [-0.05, 0) is 48.9 Å². The molecule has 1 heterocycles. The van der Waals surface area contributed by atoms with E-state index >= 15 is 0 Å². The SMILES string of the molecule is Cc1cccc(C)c1NC(=O)[C@H](NC(=O)[C@H]1CCCN1C(=O)OCc1ccccc1)c1ccccc1. The first-order chi connectivity index (χ1) is 17.4. The van der Waals surface area contributed by atoms with Gasteiger partial charge in [-0.1, -0.05) is 78.9 Å². The van der Waals surface area contributed by atoms with Gasteiger partial charge in [0, 0.05) is 12.2 Å². The molecule has 1 aliphatic rings. The summed E-state index contributed by atoms with van der Waals surface area (Å²) in [5, 5.41) is 5.88. The molecular formula is C29H31N3O4. The number of carbonyl (C=O) groups excluding carboxylic acids is 3. The minimum absolute atomic E-state index is 0.134. The van der Waals surface area contributed by atoms with E-state index in [1.807, 2.05) is 80.6 Å². The Hall–Kier alpha value is -4.13. The van der Waals surface area contributed by atoms with E-state index in [1.165, 1.54) is 4.90 Å². The second-order valence-corrected chi connectivity index (χ2v) is 9.00. The molecule has 0 aliphatic carbocycles. The highest BCUT2D eigenvalue weighted by Crippen LogP contribution is 2.24. The first-order valence-electron chi connectivity index (χ1n) is 12.1. The number of hydrogen-bond donors (Lipinski definition) is 2. The van der Waals surface area contributed by atoms with Gasteiger partial charge in [0.1, 0.15) is 18.7 Å². The third-order valence-electron chi connectivity index (χ3n) is 6.41. The molecule has 0 spiro atoms. The predicted octanol–water partition coefficient (Wildman–Crippen LogP) is 4.90. The number of nitrogens with one attached hydrogen (secondary N) is 2. The largest absolute Gasteiger partial charge is 0.445 e. The average molecular weight is 486 g/mol. The molecule has 7 nitrogen and oxygen atoms in total. The van der Waals surface area contributed by atoms with Crippen LogP contribution in [0.4, 0.5) is 10.5 Å². The predicted molar refractivity (Wildman–Crippen MR) is 138 cm³/mol. The molecule has 2 N–H and O–H groups in total. The lowest BCUT2D eigenvalue weighted by molar-refractivity contribution is -0.129. The van der Waals surface area contributed by atoms with Gasteiger partial charge in [0.25, 0.3) is 5.91 Å². The van der Waals surface area contributed by atoms with Crippen LogP contribution in [0, 0.1) is 13.8 Å². The molecule has 3 aromatic carbocycles. The molecule has 4 rings (SSSR count). The van der Waals surface area contributed by atoms with E-state index in [0.29, 0.717) is 24.9 Å². The summed E-state index contributed by atoms with van der Waals surface area (Å²) < 4.78 is 5.46. The number of ether oxygens (including phenoxy) is 1. The molecule has 3 aromatic rings. The number of amides is 3. The molecule has 2 atom stereocenters. The highest BCUT2D eigenvalue weighted by atomic mass is 16.6. The lowest BCUT2D eigenvalue weighted by Crippen LogP contribution is -2.48. The zero-order valence-corrected chi connectivity index (χ0v) is 20.6. The van der Waals surface area contributed by atoms with Crippen molar-refractivity contribution in [3.05, 3.63) is 101 Å². The van der Waals surface area contributed by atoms with Crippen LogP contribution in [0.5, 0.6) is 0 Å². The van der Waals surface area contributed by atoms with Gasteiger partial charge in [-0.2, -0.15) is 0 Å². The van der Waals surface area contributed by atoms with Crippen molar-refractivity contribution in [3.8, 4) is 0 Å². The van der Waals surface area contributed by atoms with Gasteiger partial charge in [-0.3, -0.25) is 14.5 Å². The highest BCUT2D eigenvalue weighted by molar-refractivity contribution is 5.99. The zero-order chi connectivity index (χ0) is 25.5. The van der Waals surface area contributed by atoms with E-state index in [4.69, 9.17) is 4.74 Å². The Labute approximate surface area is 211 Å². The first kappa shape index (κ1) is 25.0. The fourth-order valence-electron chi connectivity index (χ4n) is 4.45. The summed E-state index contributed by atoms with van der Waals surface area (Å²) in [6.45, 7) is 4.41. The van der Waals surface area contributed by atoms with Crippen LogP contribution in [-0.4, -0.2) is 35.4 Å². The van der Waals surface area contributed by atoms with Gasteiger partial charge in [-0.15, -0.1) is 0 Å². The molecule has 36 heavy (non-hydrogen) atoms. The molecule has 0 bridgehead atoms. The summed E-state index contributed by atoms with van der Waals surface area (Å²) in [5.41, 5.74) is 4.13. The normalized spacial score (nSPS) is 15.7. The Morgan fingerprint density at radius 1 is 0.917 bits per heavy atom. The van der Waals surface area contributed by atoms with Gasteiger partial charge >= 0.3 is 6.09 Å². The van der Waals surface area contributed by atoms with Gasteiger partial charge in [0.2, 0.25) is 5.91 Å². The summed E-state index contributed by atoms with van der Waals surface area (Å²) in [5.74, 6) is -0.724. The van der Waals surface area contributed by atoms with Crippen molar-refractivity contribution in [2.75, 3.05) is 11.9 Å². The lowest BCUT2D eigenvalue weighted by Gasteiger charge is -2.26. The van der Waals surface area contributed by atoms with Gasteiger partial charge < -0.3 is 15.4 Å². The van der Waals surface area contributed by atoms with Crippen LogP contribution in [0.2, 0.25) is 0 Å². The van der Waals surface area contributed by atoms with Crippen LogP contribution < -0.4 is 10.6 Å². The summed E-state index contributed by atoms with van der Waals surface area (Å²) >= 11 is 0. The molecule has 7 heteroatoms. The molecule has 0 aromatic heterocycles. The van der Waals surface area contributed by atoms with E-state index in [-0.39, 0.29) is 18.4 Å². The number of rotatable bonds is 7. The highest BCUT2D eigenvalue weighted by Gasteiger charge is 2.37. The number of aryl methyl sites for hydroxylation is 2. The van der Waals surface area contributed by atoms with Crippen LogP contribution in [0.1, 0.15) is 41.1 Å². The molecule has 1 aliphatic heterocycles. The molecule has 3 amide bonds. The quantitative estimate of drug-likeness (QED) is 0.498. The number of anilines is 1. The number of para-hydroxylation sites is 1. The van der Waals surface area contributed by atoms with Crippen LogP contribution in [-0.2, 0) is 20.9 Å². The smallest absolute Gasteiger partial charge is 0.410 e. The number of hydrogen-bond acceptors (Lipinski definition) is 4. The van der Waals surface area contributed by atoms with Crippen LogP contribution >= 0.6 is 0 Å². The molecule has 0 unspecified atom stereocenters. The van der Waals surface area contributed by atoms with Crippen LogP contribution in [0.3, 0.4) is 0 Å².